The lowest BCUT2D eigenvalue weighted by Crippen LogP contribution is -2.13. The molecule has 0 fully saturated rings. The van der Waals surface area contributed by atoms with Gasteiger partial charge < -0.3 is 23.9 Å². The van der Waals surface area contributed by atoms with Gasteiger partial charge in [-0.3, -0.25) is 0 Å². The number of rotatable bonds is 0. The summed E-state index contributed by atoms with van der Waals surface area (Å²) in [6.07, 6.45) is 12.8. The highest BCUT2D eigenvalue weighted by Crippen LogP contribution is 2.33. The monoisotopic (exact) mass is 567 g/mol. The van der Waals surface area contributed by atoms with Gasteiger partial charge in [0, 0.05) is 23.2 Å². The summed E-state index contributed by atoms with van der Waals surface area (Å²) >= 11 is 1.61. The van der Waals surface area contributed by atoms with Gasteiger partial charge in [-0.05, 0) is 78.0 Å². The number of thiophene rings is 1. The summed E-state index contributed by atoms with van der Waals surface area (Å²) in [5.41, 5.74) is 6.24. The molecular formula is C35H37NO4S. The van der Waals surface area contributed by atoms with Crippen molar-refractivity contribution in [2.75, 3.05) is 26.4 Å². The fraction of sp³-hybridized carbons (Fsp3) is 0.314. The number of benzene rings is 3. The highest BCUT2D eigenvalue weighted by Gasteiger charge is 2.12. The smallest absolute Gasteiger partial charge is 0.178 e. The topological polar surface area (TPSA) is 52.7 Å². The van der Waals surface area contributed by atoms with Gasteiger partial charge in [-0.25, -0.2) is 0 Å². The van der Waals surface area contributed by atoms with Crippen LogP contribution in [0.15, 0.2) is 83.8 Å². The number of nitrogens with one attached hydrogen (secondary N) is 1. The highest BCUT2D eigenvalue weighted by molar-refractivity contribution is 7.08. The Hall–Kier alpha value is -3.90. The lowest BCUT2D eigenvalue weighted by Gasteiger charge is -2.16. The Kier molecular flexibility index (Phi) is 9.08. The first-order valence-electron chi connectivity index (χ1n) is 14.7. The fourth-order valence-corrected chi connectivity index (χ4v) is 6.40. The SMILES string of the molecule is c1[nH]cc2c1OCCO2.c1cc2c3c(cccc3c1)CCC2.c1ccc2c(c1)CCCC2.c1scc2c1OCCO2. The summed E-state index contributed by atoms with van der Waals surface area (Å²) in [5, 5.41) is 6.84. The standard InChI is InChI=1S/C13H12.C10H12.C6H7NO2.C6H6O2S/c1-4-10-6-2-8-12-9-3-7-11(5-1)13(10)12;1-2-6-10-8-4-3-7-9(10)5-1;1-2-9-6-4-7-3-5(6)8-1;1-2-8-6-4-9-3-5(6)7-1/h1-2,4-6,8H,3,7,9H2;1-2,5-6H,3-4,7-8H2;3-4,7H,1-2H2;3-4H,1-2H2. The third-order valence-corrected chi connectivity index (χ3v) is 8.39. The molecule has 4 aliphatic rings. The number of aromatic amines is 1. The van der Waals surface area contributed by atoms with E-state index in [1.807, 2.05) is 10.8 Å². The molecule has 0 bridgehead atoms. The fourth-order valence-electron chi connectivity index (χ4n) is 5.72. The van der Waals surface area contributed by atoms with E-state index >= 15 is 0 Å². The van der Waals surface area contributed by atoms with Crippen LogP contribution in [0.25, 0.3) is 10.8 Å². The molecule has 0 saturated heterocycles. The van der Waals surface area contributed by atoms with E-state index < -0.39 is 0 Å². The molecular weight excluding hydrogens is 530 g/mol. The van der Waals surface area contributed by atoms with Crippen LogP contribution in [0.1, 0.15) is 41.5 Å². The van der Waals surface area contributed by atoms with Crippen LogP contribution in [0.3, 0.4) is 0 Å². The minimum atomic E-state index is 0.658. The van der Waals surface area contributed by atoms with Crippen molar-refractivity contribution in [1.29, 1.82) is 0 Å². The summed E-state index contributed by atoms with van der Waals surface area (Å²) in [7, 11) is 0. The van der Waals surface area contributed by atoms with Crippen LogP contribution in [0.5, 0.6) is 23.0 Å². The van der Waals surface area contributed by atoms with Crippen LogP contribution in [0.4, 0.5) is 0 Å². The number of aromatic nitrogens is 1. The van der Waals surface area contributed by atoms with E-state index in [4.69, 9.17) is 18.9 Å². The number of ether oxygens (including phenoxy) is 4. The van der Waals surface area contributed by atoms with E-state index in [0.717, 1.165) is 23.0 Å². The Balaban J connectivity index is 0.0000000996. The molecule has 6 heteroatoms. The maximum absolute atomic E-state index is 5.25. The van der Waals surface area contributed by atoms with Crippen LogP contribution in [0.2, 0.25) is 0 Å². The van der Waals surface area contributed by atoms with Crippen molar-refractivity contribution in [2.24, 2.45) is 0 Å². The minimum Gasteiger partial charge on any atom is -0.485 e. The number of hydrogen-bond acceptors (Lipinski definition) is 5. The van der Waals surface area contributed by atoms with E-state index in [2.05, 4.69) is 65.6 Å². The molecule has 3 aromatic carbocycles. The normalized spacial score (nSPS) is 15.5. The molecule has 0 unspecified atom stereocenters. The van der Waals surface area contributed by atoms with E-state index in [0.29, 0.717) is 26.4 Å². The van der Waals surface area contributed by atoms with E-state index in [1.165, 1.54) is 55.7 Å². The van der Waals surface area contributed by atoms with E-state index in [-0.39, 0.29) is 0 Å². The van der Waals surface area contributed by atoms with Crippen LogP contribution in [-0.4, -0.2) is 31.4 Å². The van der Waals surface area contributed by atoms with Gasteiger partial charge in [-0.2, -0.15) is 0 Å². The second-order valence-corrected chi connectivity index (χ2v) is 11.2. The van der Waals surface area contributed by atoms with Gasteiger partial charge in [0.05, 0.1) is 0 Å². The van der Waals surface area contributed by atoms with Crippen molar-refractivity contribution in [2.45, 2.75) is 44.9 Å². The van der Waals surface area contributed by atoms with Gasteiger partial charge >= 0.3 is 0 Å². The molecule has 5 nitrogen and oxygen atoms in total. The average molecular weight is 568 g/mol. The molecule has 2 aliphatic carbocycles. The summed E-state index contributed by atoms with van der Waals surface area (Å²) < 4.78 is 20.9. The van der Waals surface area contributed by atoms with Crippen molar-refractivity contribution in [3.05, 3.63) is 106 Å². The first-order chi connectivity index (χ1) is 20.3. The van der Waals surface area contributed by atoms with Crippen LogP contribution < -0.4 is 18.9 Å². The molecule has 0 saturated carbocycles. The molecule has 212 valence electrons. The van der Waals surface area contributed by atoms with Crippen LogP contribution in [0, 0.1) is 0 Å². The zero-order valence-corrected chi connectivity index (χ0v) is 24.2. The first kappa shape index (κ1) is 27.3. The predicted molar refractivity (Wildman–Crippen MR) is 166 cm³/mol. The Labute approximate surface area is 246 Å². The Morgan fingerprint density at radius 2 is 0.951 bits per heavy atom. The molecule has 1 N–H and O–H groups in total. The maximum atomic E-state index is 5.25. The molecule has 4 heterocycles. The first-order valence-corrected chi connectivity index (χ1v) is 15.6. The summed E-state index contributed by atoms with van der Waals surface area (Å²) in [4.78, 5) is 2.89. The van der Waals surface area contributed by atoms with Crippen molar-refractivity contribution in [1.82, 2.24) is 4.98 Å². The molecule has 41 heavy (non-hydrogen) atoms. The number of hydrogen-bond donors (Lipinski definition) is 1. The quantitative estimate of drug-likeness (QED) is 0.205. The van der Waals surface area contributed by atoms with E-state index in [9.17, 15) is 0 Å². The zero-order chi connectivity index (χ0) is 27.7. The maximum Gasteiger partial charge on any atom is 0.178 e. The van der Waals surface area contributed by atoms with Crippen LogP contribution in [-0.2, 0) is 25.7 Å². The second-order valence-electron chi connectivity index (χ2n) is 10.4. The van der Waals surface area contributed by atoms with Crippen molar-refractivity contribution < 1.29 is 18.9 Å². The summed E-state index contributed by atoms with van der Waals surface area (Å²) in [5.74, 6) is 3.43. The molecule has 5 aromatic rings. The average Bonchev–Trinajstić information content (AvgIpc) is 3.73. The molecule has 0 amide bonds. The third-order valence-electron chi connectivity index (χ3n) is 7.69. The zero-order valence-electron chi connectivity index (χ0n) is 23.4. The lowest BCUT2D eigenvalue weighted by molar-refractivity contribution is 0.173. The van der Waals surface area contributed by atoms with Crippen molar-refractivity contribution in [3.8, 4) is 23.0 Å². The Bertz CT molecular complexity index is 1400. The lowest BCUT2D eigenvalue weighted by atomic mass is 9.89. The highest BCUT2D eigenvalue weighted by atomic mass is 32.1. The third kappa shape index (κ3) is 6.88. The molecule has 0 spiro atoms. The van der Waals surface area contributed by atoms with Gasteiger partial charge in [0.1, 0.15) is 26.4 Å². The van der Waals surface area contributed by atoms with Gasteiger partial charge in [0.2, 0.25) is 0 Å². The van der Waals surface area contributed by atoms with Gasteiger partial charge in [-0.1, -0.05) is 60.7 Å². The van der Waals surface area contributed by atoms with E-state index in [1.54, 1.807) is 46.0 Å². The number of fused-ring (bicyclic) bond motifs is 3. The van der Waals surface area contributed by atoms with Crippen molar-refractivity contribution in [3.63, 3.8) is 0 Å². The summed E-state index contributed by atoms with van der Waals surface area (Å²) in [6.45, 7) is 2.68. The predicted octanol–water partition coefficient (Wildman–Crippen LogP) is 8.20. The number of aryl methyl sites for hydroxylation is 4. The van der Waals surface area contributed by atoms with Crippen molar-refractivity contribution >= 4 is 22.1 Å². The minimum absolute atomic E-state index is 0.658. The molecule has 0 radical (unpaired) electrons. The Morgan fingerprint density at radius 1 is 0.488 bits per heavy atom. The number of H-pyrrole nitrogens is 1. The van der Waals surface area contributed by atoms with Gasteiger partial charge in [-0.15, -0.1) is 11.3 Å². The molecule has 0 atom stereocenters. The largest absolute Gasteiger partial charge is 0.485 e. The van der Waals surface area contributed by atoms with Gasteiger partial charge in [0.25, 0.3) is 0 Å². The second kappa shape index (κ2) is 13.6. The Morgan fingerprint density at radius 3 is 1.49 bits per heavy atom. The summed E-state index contributed by atoms with van der Waals surface area (Å²) in [6, 6.07) is 22.1. The molecule has 2 aromatic heterocycles. The van der Waals surface area contributed by atoms with Crippen LogP contribution >= 0.6 is 11.3 Å². The molecule has 2 aliphatic heterocycles. The van der Waals surface area contributed by atoms with Gasteiger partial charge in [0.15, 0.2) is 23.0 Å². The molecule has 9 rings (SSSR count).